The van der Waals surface area contributed by atoms with Gasteiger partial charge in [0.2, 0.25) is 11.8 Å². The third kappa shape index (κ3) is 3.33. The Morgan fingerprint density at radius 3 is 2.85 bits per heavy atom. The van der Waals surface area contributed by atoms with Gasteiger partial charge in [0.05, 0.1) is 6.54 Å². The number of rotatable bonds is 4. The zero-order valence-electron chi connectivity index (χ0n) is 11.2. The Bertz CT molecular complexity index is 536. The van der Waals surface area contributed by atoms with Crippen LogP contribution in [0.15, 0.2) is 22.7 Å². The first-order chi connectivity index (χ1) is 9.52. The average Bonchev–Trinajstić information content (AvgIpc) is 2.40. The number of hydrogen-bond acceptors (Lipinski definition) is 2. The maximum Gasteiger partial charge on any atom is 0.243 e. The van der Waals surface area contributed by atoms with Gasteiger partial charge >= 0.3 is 0 Å². The lowest BCUT2D eigenvalue weighted by atomic mass is 10.1. The fourth-order valence-electron chi connectivity index (χ4n) is 2.29. The summed E-state index contributed by atoms with van der Waals surface area (Å²) >= 11 is 9.54. The number of nitrogens with one attached hydrogen (secondary N) is 1. The molecule has 20 heavy (non-hydrogen) atoms. The quantitative estimate of drug-likeness (QED) is 0.898. The van der Waals surface area contributed by atoms with E-state index in [1.807, 2.05) is 19.1 Å². The van der Waals surface area contributed by atoms with Gasteiger partial charge in [0.15, 0.2) is 0 Å². The minimum absolute atomic E-state index is 0.0627. The summed E-state index contributed by atoms with van der Waals surface area (Å²) in [5.41, 5.74) is 0.846. The first-order valence-corrected chi connectivity index (χ1v) is 7.71. The Balaban J connectivity index is 2.23. The summed E-state index contributed by atoms with van der Waals surface area (Å²) in [4.78, 5) is 25.6. The molecule has 1 aromatic carbocycles. The highest BCUT2D eigenvalue weighted by molar-refractivity contribution is 9.10. The molecule has 0 bridgehead atoms. The molecule has 0 aromatic heterocycles. The summed E-state index contributed by atoms with van der Waals surface area (Å²) in [6.45, 7) is 2.42. The van der Waals surface area contributed by atoms with Gasteiger partial charge < -0.3 is 10.2 Å². The fraction of sp³-hybridized carbons (Fsp3) is 0.429. The van der Waals surface area contributed by atoms with E-state index in [0.29, 0.717) is 18.0 Å². The van der Waals surface area contributed by atoms with E-state index in [9.17, 15) is 9.59 Å². The van der Waals surface area contributed by atoms with Crippen LogP contribution in [0.5, 0.6) is 0 Å². The van der Waals surface area contributed by atoms with Crippen molar-refractivity contribution in [2.45, 2.75) is 32.4 Å². The molecule has 6 heteroatoms. The van der Waals surface area contributed by atoms with E-state index in [1.165, 1.54) is 0 Å². The second-order valence-corrected chi connectivity index (χ2v) is 6.10. The molecule has 0 aliphatic carbocycles. The molecule has 1 atom stereocenters. The van der Waals surface area contributed by atoms with Crippen molar-refractivity contribution >= 4 is 39.3 Å². The second kappa shape index (κ2) is 6.59. The van der Waals surface area contributed by atoms with Gasteiger partial charge in [-0.3, -0.25) is 9.59 Å². The number of piperazine rings is 1. The standard InChI is InChI=1S/C14H16BrClN2O2/c1-2-3-12-14(20)17-7-13(19)18(12)8-9-4-5-10(15)6-11(9)16/h4-6,12H,2-3,7-8H2,1H3,(H,17,20). The highest BCUT2D eigenvalue weighted by Crippen LogP contribution is 2.24. The lowest BCUT2D eigenvalue weighted by Gasteiger charge is -2.35. The molecule has 0 radical (unpaired) electrons. The van der Waals surface area contributed by atoms with Crippen molar-refractivity contribution in [3.05, 3.63) is 33.3 Å². The predicted octanol–water partition coefficient (Wildman–Crippen LogP) is 2.73. The van der Waals surface area contributed by atoms with Gasteiger partial charge in [0.25, 0.3) is 0 Å². The number of hydrogen-bond donors (Lipinski definition) is 1. The summed E-state index contributed by atoms with van der Waals surface area (Å²) in [5, 5.41) is 3.23. The van der Waals surface area contributed by atoms with Crippen LogP contribution in [-0.4, -0.2) is 29.3 Å². The number of carbonyl (C=O) groups is 2. The number of carbonyl (C=O) groups excluding carboxylic acids is 2. The number of halogens is 2. The number of benzene rings is 1. The van der Waals surface area contributed by atoms with Crippen LogP contribution in [0, 0.1) is 0 Å². The summed E-state index contributed by atoms with van der Waals surface area (Å²) in [6.07, 6.45) is 1.50. The molecule has 0 saturated carbocycles. The van der Waals surface area contributed by atoms with Gasteiger partial charge in [0.1, 0.15) is 6.04 Å². The van der Waals surface area contributed by atoms with Crippen LogP contribution in [0.25, 0.3) is 0 Å². The van der Waals surface area contributed by atoms with Crippen LogP contribution in [0.3, 0.4) is 0 Å². The molecule has 1 N–H and O–H groups in total. The van der Waals surface area contributed by atoms with Crippen molar-refractivity contribution in [2.75, 3.05) is 6.54 Å². The topological polar surface area (TPSA) is 49.4 Å². The van der Waals surface area contributed by atoms with Crippen LogP contribution in [0.4, 0.5) is 0 Å². The van der Waals surface area contributed by atoms with Crippen molar-refractivity contribution in [3.8, 4) is 0 Å². The molecule has 1 aliphatic heterocycles. The van der Waals surface area contributed by atoms with E-state index in [2.05, 4.69) is 21.2 Å². The smallest absolute Gasteiger partial charge is 0.243 e. The van der Waals surface area contributed by atoms with Crippen molar-refractivity contribution in [1.29, 1.82) is 0 Å². The third-order valence-electron chi connectivity index (χ3n) is 3.33. The van der Waals surface area contributed by atoms with Crippen LogP contribution in [-0.2, 0) is 16.1 Å². The highest BCUT2D eigenvalue weighted by Gasteiger charge is 2.33. The monoisotopic (exact) mass is 358 g/mol. The highest BCUT2D eigenvalue weighted by atomic mass is 79.9. The molecule has 1 heterocycles. The van der Waals surface area contributed by atoms with Gasteiger partial charge in [0, 0.05) is 16.0 Å². The number of amides is 2. The maximum atomic E-state index is 12.1. The molecule has 1 unspecified atom stereocenters. The minimum Gasteiger partial charge on any atom is -0.345 e. The minimum atomic E-state index is -0.402. The summed E-state index contributed by atoms with van der Waals surface area (Å²) in [6, 6.07) is 5.14. The zero-order valence-corrected chi connectivity index (χ0v) is 13.5. The summed E-state index contributed by atoms with van der Waals surface area (Å²) in [5.74, 6) is -0.151. The fourth-order valence-corrected chi connectivity index (χ4v) is 3.02. The van der Waals surface area contributed by atoms with Crippen LogP contribution < -0.4 is 5.32 Å². The molecule has 2 amide bonds. The summed E-state index contributed by atoms with van der Waals surface area (Å²) < 4.78 is 0.888. The van der Waals surface area contributed by atoms with Crippen molar-refractivity contribution < 1.29 is 9.59 Å². The Labute approximate surface area is 131 Å². The second-order valence-electron chi connectivity index (χ2n) is 4.78. The molecule has 2 rings (SSSR count). The normalized spacial score (nSPS) is 19.1. The Morgan fingerprint density at radius 2 is 2.20 bits per heavy atom. The first-order valence-electron chi connectivity index (χ1n) is 6.54. The zero-order chi connectivity index (χ0) is 14.7. The maximum absolute atomic E-state index is 12.1. The average molecular weight is 360 g/mol. The van der Waals surface area contributed by atoms with Crippen molar-refractivity contribution in [3.63, 3.8) is 0 Å². The molecule has 1 saturated heterocycles. The Hall–Kier alpha value is -1.07. The van der Waals surface area contributed by atoms with Gasteiger partial charge in [-0.25, -0.2) is 0 Å². The van der Waals surface area contributed by atoms with E-state index in [4.69, 9.17) is 11.6 Å². The van der Waals surface area contributed by atoms with Gasteiger partial charge in [-0.15, -0.1) is 0 Å². The molecular formula is C14H16BrClN2O2. The van der Waals surface area contributed by atoms with Crippen molar-refractivity contribution in [2.24, 2.45) is 0 Å². The van der Waals surface area contributed by atoms with Crippen LogP contribution in [0.1, 0.15) is 25.3 Å². The third-order valence-corrected chi connectivity index (χ3v) is 4.18. The lowest BCUT2D eigenvalue weighted by Crippen LogP contribution is -2.57. The number of nitrogens with zero attached hydrogens (tertiary/aromatic N) is 1. The largest absolute Gasteiger partial charge is 0.345 e. The lowest BCUT2D eigenvalue weighted by molar-refractivity contribution is -0.146. The van der Waals surface area contributed by atoms with Crippen LogP contribution in [0.2, 0.25) is 5.02 Å². The van der Waals surface area contributed by atoms with Crippen molar-refractivity contribution in [1.82, 2.24) is 10.2 Å². The van der Waals surface area contributed by atoms with E-state index in [1.54, 1.807) is 11.0 Å². The molecule has 1 fully saturated rings. The van der Waals surface area contributed by atoms with Gasteiger partial charge in [-0.05, 0) is 24.1 Å². The molecule has 0 spiro atoms. The Kier molecular flexibility index (Phi) is 5.05. The molecule has 4 nitrogen and oxygen atoms in total. The Morgan fingerprint density at radius 1 is 1.45 bits per heavy atom. The molecule has 108 valence electrons. The predicted molar refractivity (Wildman–Crippen MR) is 81.4 cm³/mol. The molecule has 1 aliphatic rings. The van der Waals surface area contributed by atoms with Crippen LogP contribution >= 0.6 is 27.5 Å². The molecule has 1 aromatic rings. The summed E-state index contributed by atoms with van der Waals surface area (Å²) in [7, 11) is 0. The van der Waals surface area contributed by atoms with Gasteiger partial charge in [-0.1, -0.05) is 46.9 Å². The van der Waals surface area contributed by atoms with Gasteiger partial charge in [-0.2, -0.15) is 0 Å². The molecular weight excluding hydrogens is 344 g/mol. The van der Waals surface area contributed by atoms with E-state index >= 15 is 0 Å². The van der Waals surface area contributed by atoms with E-state index < -0.39 is 6.04 Å². The first kappa shape index (κ1) is 15.3. The SMILES string of the molecule is CCCC1C(=O)NCC(=O)N1Cc1ccc(Br)cc1Cl. The van der Waals surface area contributed by atoms with E-state index in [0.717, 1.165) is 16.5 Å². The van der Waals surface area contributed by atoms with E-state index in [-0.39, 0.29) is 18.4 Å².